The summed E-state index contributed by atoms with van der Waals surface area (Å²) in [5.74, 6) is 0.129. The van der Waals surface area contributed by atoms with Crippen molar-refractivity contribution >= 4 is 0 Å². The standard InChI is InChI=1S/C17H19F3N2O2/c1-16(2,3)14-8-15(23)22(11-21-14)9-12-4-6-13(7-5-12)24-10-17(18,19)20/h4-8,11H,9-10H2,1-3H3. The lowest BCUT2D eigenvalue weighted by atomic mass is 9.92. The van der Waals surface area contributed by atoms with Gasteiger partial charge in [0.15, 0.2) is 6.61 Å². The van der Waals surface area contributed by atoms with Gasteiger partial charge in [0.1, 0.15) is 5.75 Å². The SMILES string of the molecule is CC(C)(C)c1cc(=O)n(Cc2ccc(OCC(F)(F)F)cc2)cn1. The molecule has 0 unspecified atom stereocenters. The molecule has 2 rings (SSSR count). The molecule has 0 aliphatic carbocycles. The lowest BCUT2D eigenvalue weighted by Crippen LogP contribution is -2.25. The smallest absolute Gasteiger partial charge is 0.422 e. The molecule has 0 aliphatic heterocycles. The summed E-state index contributed by atoms with van der Waals surface area (Å²) in [4.78, 5) is 16.4. The second kappa shape index (κ2) is 6.67. The molecule has 0 spiro atoms. The number of hydrogen-bond acceptors (Lipinski definition) is 3. The molecule has 7 heteroatoms. The van der Waals surface area contributed by atoms with Crippen LogP contribution in [0.1, 0.15) is 32.0 Å². The highest BCUT2D eigenvalue weighted by atomic mass is 19.4. The maximum Gasteiger partial charge on any atom is 0.422 e. The van der Waals surface area contributed by atoms with Crippen molar-refractivity contribution in [3.8, 4) is 5.75 Å². The van der Waals surface area contributed by atoms with Crippen molar-refractivity contribution in [2.24, 2.45) is 0 Å². The molecule has 0 saturated heterocycles. The predicted molar refractivity (Wildman–Crippen MR) is 84.3 cm³/mol. The van der Waals surface area contributed by atoms with Crippen LogP contribution in [-0.4, -0.2) is 22.3 Å². The molecule has 0 saturated carbocycles. The molecule has 2 aromatic rings. The molecule has 1 aromatic carbocycles. The lowest BCUT2D eigenvalue weighted by Gasteiger charge is -2.17. The normalized spacial score (nSPS) is 12.2. The first-order valence-electron chi connectivity index (χ1n) is 7.40. The minimum Gasteiger partial charge on any atom is -0.484 e. The molecule has 24 heavy (non-hydrogen) atoms. The van der Waals surface area contributed by atoms with Gasteiger partial charge in [-0.05, 0) is 17.7 Å². The topological polar surface area (TPSA) is 44.1 Å². The fourth-order valence-corrected chi connectivity index (χ4v) is 2.01. The van der Waals surface area contributed by atoms with Gasteiger partial charge in [0, 0.05) is 11.5 Å². The molecule has 0 bridgehead atoms. The van der Waals surface area contributed by atoms with Gasteiger partial charge in [0.05, 0.1) is 18.6 Å². The van der Waals surface area contributed by atoms with Crippen molar-refractivity contribution in [1.29, 1.82) is 0 Å². The van der Waals surface area contributed by atoms with Crippen LogP contribution in [0.3, 0.4) is 0 Å². The first kappa shape index (κ1) is 18.0. The summed E-state index contributed by atoms with van der Waals surface area (Å²) in [6.07, 6.45) is -2.89. The van der Waals surface area contributed by atoms with Gasteiger partial charge < -0.3 is 4.74 Å². The summed E-state index contributed by atoms with van der Waals surface area (Å²) in [5, 5.41) is 0. The fourth-order valence-electron chi connectivity index (χ4n) is 2.01. The Balaban J connectivity index is 2.08. The molecule has 0 aliphatic rings. The predicted octanol–water partition coefficient (Wildman–Crippen LogP) is 3.53. The van der Waals surface area contributed by atoms with Crippen molar-refractivity contribution in [2.75, 3.05) is 6.61 Å². The van der Waals surface area contributed by atoms with Crippen LogP contribution in [0.5, 0.6) is 5.75 Å². The first-order valence-corrected chi connectivity index (χ1v) is 7.40. The van der Waals surface area contributed by atoms with E-state index in [-0.39, 0.29) is 23.3 Å². The van der Waals surface area contributed by atoms with Crippen LogP contribution in [0, 0.1) is 0 Å². The molecule has 0 fully saturated rings. The van der Waals surface area contributed by atoms with Crippen LogP contribution in [0.2, 0.25) is 0 Å². The summed E-state index contributed by atoms with van der Waals surface area (Å²) in [5.41, 5.74) is 1.09. The molecule has 4 nitrogen and oxygen atoms in total. The Hall–Kier alpha value is -2.31. The van der Waals surface area contributed by atoms with E-state index in [0.717, 1.165) is 5.56 Å². The number of hydrogen-bond donors (Lipinski definition) is 0. The number of alkyl halides is 3. The molecule has 130 valence electrons. The van der Waals surface area contributed by atoms with Crippen molar-refractivity contribution in [3.63, 3.8) is 0 Å². The third-order valence-electron chi connectivity index (χ3n) is 3.33. The Morgan fingerprint density at radius 2 is 1.75 bits per heavy atom. The van der Waals surface area contributed by atoms with Gasteiger partial charge in [-0.25, -0.2) is 4.98 Å². The number of aromatic nitrogens is 2. The van der Waals surface area contributed by atoms with Crippen LogP contribution in [0.4, 0.5) is 13.2 Å². The Labute approximate surface area is 137 Å². The summed E-state index contributed by atoms with van der Waals surface area (Å²) >= 11 is 0. The first-order chi connectivity index (χ1) is 11.0. The number of halogens is 3. The monoisotopic (exact) mass is 340 g/mol. The van der Waals surface area contributed by atoms with Crippen LogP contribution >= 0.6 is 0 Å². The Morgan fingerprint density at radius 1 is 1.12 bits per heavy atom. The van der Waals surface area contributed by atoms with Gasteiger partial charge in [-0.3, -0.25) is 9.36 Å². The number of benzene rings is 1. The highest BCUT2D eigenvalue weighted by molar-refractivity contribution is 5.27. The van der Waals surface area contributed by atoms with Crippen molar-refractivity contribution < 1.29 is 17.9 Å². The maximum absolute atomic E-state index is 12.1. The average molecular weight is 340 g/mol. The van der Waals surface area contributed by atoms with Gasteiger partial charge in [-0.2, -0.15) is 13.2 Å². The molecule has 0 amide bonds. The van der Waals surface area contributed by atoms with Crippen molar-refractivity contribution in [2.45, 2.75) is 38.9 Å². The zero-order chi connectivity index (χ0) is 18.0. The zero-order valence-electron chi connectivity index (χ0n) is 13.7. The van der Waals surface area contributed by atoms with Gasteiger partial charge in [0.25, 0.3) is 5.56 Å². The molecule has 1 heterocycles. The van der Waals surface area contributed by atoms with Crippen molar-refractivity contribution in [1.82, 2.24) is 9.55 Å². The summed E-state index contributed by atoms with van der Waals surface area (Å²) in [7, 11) is 0. The van der Waals surface area contributed by atoms with Crippen LogP contribution in [-0.2, 0) is 12.0 Å². The third kappa shape index (κ3) is 5.11. The molecule has 0 N–H and O–H groups in total. The average Bonchev–Trinajstić information content (AvgIpc) is 2.47. The van der Waals surface area contributed by atoms with Gasteiger partial charge >= 0.3 is 6.18 Å². The van der Waals surface area contributed by atoms with E-state index in [9.17, 15) is 18.0 Å². The molecular formula is C17H19F3N2O2. The number of rotatable bonds is 4. The second-order valence-corrected chi connectivity index (χ2v) is 6.54. The van der Waals surface area contributed by atoms with Crippen LogP contribution in [0.15, 0.2) is 41.5 Å². The molecule has 1 aromatic heterocycles. The summed E-state index contributed by atoms with van der Waals surface area (Å²) < 4.78 is 42.4. The largest absolute Gasteiger partial charge is 0.484 e. The quantitative estimate of drug-likeness (QED) is 0.855. The number of ether oxygens (including phenoxy) is 1. The Bertz CT molecular complexity index is 744. The van der Waals surface area contributed by atoms with E-state index in [4.69, 9.17) is 0 Å². The molecular weight excluding hydrogens is 321 g/mol. The minimum absolute atomic E-state index is 0.129. The van der Waals surface area contributed by atoms with Gasteiger partial charge in [-0.1, -0.05) is 32.9 Å². The van der Waals surface area contributed by atoms with E-state index >= 15 is 0 Å². The van der Waals surface area contributed by atoms with E-state index in [1.807, 2.05) is 20.8 Å². The van der Waals surface area contributed by atoms with Crippen LogP contribution < -0.4 is 10.3 Å². The molecule has 0 atom stereocenters. The fraction of sp³-hybridized carbons (Fsp3) is 0.412. The second-order valence-electron chi connectivity index (χ2n) is 6.54. The zero-order valence-corrected chi connectivity index (χ0v) is 13.7. The van der Waals surface area contributed by atoms with Gasteiger partial charge in [-0.15, -0.1) is 0 Å². The lowest BCUT2D eigenvalue weighted by molar-refractivity contribution is -0.153. The number of nitrogens with zero attached hydrogens (tertiary/aromatic N) is 2. The van der Waals surface area contributed by atoms with Gasteiger partial charge in [0.2, 0.25) is 0 Å². The maximum atomic E-state index is 12.1. The summed E-state index contributed by atoms with van der Waals surface area (Å²) in [6, 6.07) is 7.64. The third-order valence-corrected chi connectivity index (χ3v) is 3.33. The minimum atomic E-state index is -4.37. The highest BCUT2D eigenvalue weighted by Crippen LogP contribution is 2.20. The van der Waals surface area contributed by atoms with E-state index < -0.39 is 12.8 Å². The summed E-state index contributed by atoms with van der Waals surface area (Å²) in [6.45, 7) is 4.87. The van der Waals surface area contributed by atoms with E-state index in [0.29, 0.717) is 5.69 Å². The van der Waals surface area contributed by atoms with Crippen LogP contribution in [0.25, 0.3) is 0 Å². The van der Waals surface area contributed by atoms with E-state index in [2.05, 4.69) is 9.72 Å². The molecule has 0 radical (unpaired) electrons. The van der Waals surface area contributed by atoms with Crippen molar-refractivity contribution in [3.05, 3.63) is 58.3 Å². The van der Waals surface area contributed by atoms with E-state index in [1.54, 1.807) is 12.1 Å². The Morgan fingerprint density at radius 3 is 2.25 bits per heavy atom. The van der Waals surface area contributed by atoms with E-state index in [1.165, 1.54) is 29.1 Å². The Kier molecular flexibility index (Phi) is 5.01. The highest BCUT2D eigenvalue weighted by Gasteiger charge is 2.28.